The van der Waals surface area contributed by atoms with Gasteiger partial charge in [0.05, 0.1) is 0 Å². The van der Waals surface area contributed by atoms with Gasteiger partial charge in [-0.2, -0.15) is 5.26 Å². The highest BCUT2D eigenvalue weighted by Gasteiger charge is 2.13. The molecule has 0 saturated carbocycles. The van der Waals surface area contributed by atoms with Crippen LogP contribution in [0.3, 0.4) is 0 Å². The number of aromatic nitrogens is 1. The van der Waals surface area contributed by atoms with Gasteiger partial charge in [0.15, 0.2) is 0 Å². The molecule has 0 radical (unpaired) electrons. The minimum Gasteiger partial charge on any atom is -0.384 e. The molecule has 1 saturated heterocycles. The molecule has 0 bridgehead atoms. The van der Waals surface area contributed by atoms with Gasteiger partial charge in [-0.1, -0.05) is 0 Å². The molecule has 1 aromatic heterocycles. The zero-order chi connectivity index (χ0) is 12.1. The Bertz CT molecular complexity index is 416. The number of nitrogens with one attached hydrogen (secondary N) is 2. The minimum atomic E-state index is 0.514. The van der Waals surface area contributed by atoms with Gasteiger partial charge in [-0.3, -0.25) is 0 Å². The fourth-order valence-electron chi connectivity index (χ4n) is 2.18. The van der Waals surface area contributed by atoms with E-state index in [1.807, 2.05) is 13.0 Å². The zero-order valence-corrected chi connectivity index (χ0v) is 10.2. The van der Waals surface area contributed by atoms with Gasteiger partial charge < -0.3 is 10.6 Å². The van der Waals surface area contributed by atoms with Gasteiger partial charge in [-0.25, -0.2) is 4.98 Å². The van der Waals surface area contributed by atoms with E-state index in [1.54, 1.807) is 6.20 Å². The lowest BCUT2D eigenvalue weighted by Gasteiger charge is -2.23. The molecule has 0 spiro atoms. The maximum Gasteiger partial charge on any atom is 0.145 e. The molecular formula is C13H18N4. The van der Waals surface area contributed by atoms with Crippen LogP contribution in [-0.4, -0.2) is 24.6 Å². The fourth-order valence-corrected chi connectivity index (χ4v) is 2.18. The lowest BCUT2D eigenvalue weighted by Crippen LogP contribution is -2.31. The van der Waals surface area contributed by atoms with Crippen molar-refractivity contribution in [2.45, 2.75) is 19.8 Å². The van der Waals surface area contributed by atoms with E-state index in [4.69, 9.17) is 5.26 Å². The summed E-state index contributed by atoms with van der Waals surface area (Å²) in [7, 11) is 0. The van der Waals surface area contributed by atoms with E-state index in [1.165, 1.54) is 12.8 Å². The van der Waals surface area contributed by atoms with Crippen molar-refractivity contribution >= 4 is 5.69 Å². The van der Waals surface area contributed by atoms with Crippen LogP contribution in [-0.2, 0) is 0 Å². The Morgan fingerprint density at radius 3 is 3.00 bits per heavy atom. The molecule has 0 unspecified atom stereocenters. The SMILES string of the molecule is Cc1c(NCC2CCNCC2)ccnc1C#N. The zero-order valence-electron chi connectivity index (χ0n) is 10.2. The van der Waals surface area contributed by atoms with Gasteiger partial charge in [0.1, 0.15) is 11.8 Å². The highest BCUT2D eigenvalue weighted by atomic mass is 14.9. The van der Waals surface area contributed by atoms with Crippen LogP contribution in [0.2, 0.25) is 0 Å². The first-order valence-electron chi connectivity index (χ1n) is 6.11. The number of rotatable bonds is 3. The summed E-state index contributed by atoms with van der Waals surface area (Å²) in [5, 5.41) is 15.7. The first-order chi connectivity index (χ1) is 8.31. The maximum absolute atomic E-state index is 8.91. The summed E-state index contributed by atoms with van der Waals surface area (Å²) in [4.78, 5) is 4.04. The Hall–Kier alpha value is -1.60. The summed E-state index contributed by atoms with van der Waals surface area (Å²) < 4.78 is 0. The number of hydrogen-bond acceptors (Lipinski definition) is 4. The second-order valence-electron chi connectivity index (χ2n) is 4.52. The Morgan fingerprint density at radius 2 is 2.29 bits per heavy atom. The molecule has 0 atom stereocenters. The molecule has 0 amide bonds. The third-order valence-electron chi connectivity index (χ3n) is 3.35. The predicted molar refractivity (Wildman–Crippen MR) is 67.8 cm³/mol. The first kappa shape index (κ1) is 11.9. The first-order valence-corrected chi connectivity index (χ1v) is 6.11. The summed E-state index contributed by atoms with van der Waals surface area (Å²) in [6, 6.07) is 4.05. The summed E-state index contributed by atoms with van der Waals surface area (Å²) in [6.45, 7) is 5.16. The van der Waals surface area contributed by atoms with E-state index < -0.39 is 0 Å². The number of nitriles is 1. The van der Waals surface area contributed by atoms with E-state index in [-0.39, 0.29) is 0 Å². The van der Waals surface area contributed by atoms with Crippen molar-refractivity contribution in [2.75, 3.05) is 25.0 Å². The second-order valence-corrected chi connectivity index (χ2v) is 4.52. The molecular weight excluding hydrogens is 212 g/mol. The number of anilines is 1. The standard InChI is InChI=1S/C13H18N4/c1-10-12(4-7-16-13(10)8-14)17-9-11-2-5-15-6-3-11/h4,7,11,15H,2-3,5-6,9H2,1H3,(H,16,17). The predicted octanol–water partition coefficient (Wildman–Crippen LogP) is 1.67. The van der Waals surface area contributed by atoms with Crippen molar-refractivity contribution in [1.82, 2.24) is 10.3 Å². The number of hydrogen-bond donors (Lipinski definition) is 2. The molecule has 17 heavy (non-hydrogen) atoms. The molecule has 0 aliphatic carbocycles. The third-order valence-corrected chi connectivity index (χ3v) is 3.35. The highest BCUT2D eigenvalue weighted by Crippen LogP contribution is 2.18. The number of nitrogens with zero attached hydrogens (tertiary/aromatic N) is 2. The molecule has 4 nitrogen and oxygen atoms in total. The Balaban J connectivity index is 1.96. The van der Waals surface area contributed by atoms with Crippen LogP contribution in [0.25, 0.3) is 0 Å². The molecule has 1 aliphatic rings. The molecule has 1 aliphatic heterocycles. The van der Waals surface area contributed by atoms with Gasteiger partial charge in [-0.15, -0.1) is 0 Å². The third kappa shape index (κ3) is 2.95. The summed E-state index contributed by atoms with van der Waals surface area (Å²) in [5.74, 6) is 0.731. The van der Waals surface area contributed by atoms with Crippen molar-refractivity contribution in [3.05, 3.63) is 23.5 Å². The van der Waals surface area contributed by atoms with Crippen molar-refractivity contribution in [2.24, 2.45) is 5.92 Å². The van der Waals surface area contributed by atoms with Crippen molar-refractivity contribution < 1.29 is 0 Å². The van der Waals surface area contributed by atoms with Gasteiger partial charge >= 0.3 is 0 Å². The van der Waals surface area contributed by atoms with Crippen molar-refractivity contribution in [3.8, 4) is 6.07 Å². The molecule has 1 fully saturated rings. The molecule has 2 N–H and O–H groups in total. The smallest absolute Gasteiger partial charge is 0.145 e. The maximum atomic E-state index is 8.91. The van der Waals surface area contributed by atoms with Crippen LogP contribution in [0.4, 0.5) is 5.69 Å². The molecule has 0 aromatic carbocycles. The molecule has 2 heterocycles. The lowest BCUT2D eigenvalue weighted by molar-refractivity contribution is 0.390. The van der Waals surface area contributed by atoms with Crippen LogP contribution in [0, 0.1) is 24.2 Å². The average molecular weight is 230 g/mol. The van der Waals surface area contributed by atoms with Gasteiger partial charge in [0.25, 0.3) is 0 Å². The fraction of sp³-hybridized carbons (Fsp3) is 0.538. The Labute approximate surface area is 102 Å². The second kappa shape index (κ2) is 5.65. The van der Waals surface area contributed by atoms with Crippen LogP contribution in [0.1, 0.15) is 24.1 Å². The van der Waals surface area contributed by atoms with E-state index >= 15 is 0 Å². The highest BCUT2D eigenvalue weighted by molar-refractivity contribution is 5.54. The van der Waals surface area contributed by atoms with E-state index in [9.17, 15) is 0 Å². The summed E-state index contributed by atoms with van der Waals surface area (Å²) in [6.07, 6.45) is 4.14. The van der Waals surface area contributed by atoms with Gasteiger partial charge in [0, 0.05) is 24.0 Å². The Kier molecular flexibility index (Phi) is 3.94. The molecule has 4 heteroatoms. The monoisotopic (exact) mass is 230 g/mol. The van der Waals surface area contributed by atoms with Crippen LogP contribution in [0.15, 0.2) is 12.3 Å². The van der Waals surface area contributed by atoms with E-state index in [0.717, 1.165) is 36.8 Å². The quantitative estimate of drug-likeness (QED) is 0.829. The van der Waals surface area contributed by atoms with Crippen molar-refractivity contribution in [3.63, 3.8) is 0 Å². The van der Waals surface area contributed by atoms with Crippen LogP contribution >= 0.6 is 0 Å². The number of piperidine rings is 1. The molecule has 90 valence electrons. The molecule has 2 rings (SSSR count). The Morgan fingerprint density at radius 1 is 1.53 bits per heavy atom. The van der Waals surface area contributed by atoms with Crippen LogP contribution in [0.5, 0.6) is 0 Å². The van der Waals surface area contributed by atoms with Gasteiger partial charge in [-0.05, 0) is 44.8 Å². The topological polar surface area (TPSA) is 60.7 Å². The molecule has 1 aromatic rings. The number of pyridine rings is 1. The summed E-state index contributed by atoms with van der Waals surface area (Å²) >= 11 is 0. The lowest BCUT2D eigenvalue weighted by atomic mass is 9.98. The average Bonchev–Trinajstić information content (AvgIpc) is 2.39. The largest absolute Gasteiger partial charge is 0.384 e. The minimum absolute atomic E-state index is 0.514. The van der Waals surface area contributed by atoms with Crippen LogP contribution < -0.4 is 10.6 Å². The van der Waals surface area contributed by atoms with Gasteiger partial charge in [0.2, 0.25) is 0 Å². The van der Waals surface area contributed by atoms with Crippen molar-refractivity contribution in [1.29, 1.82) is 5.26 Å². The van der Waals surface area contributed by atoms with E-state index in [2.05, 4.69) is 21.7 Å². The summed E-state index contributed by atoms with van der Waals surface area (Å²) in [5.41, 5.74) is 2.50. The normalized spacial score (nSPS) is 16.5. The van der Waals surface area contributed by atoms with E-state index in [0.29, 0.717) is 5.69 Å².